The van der Waals surface area contributed by atoms with Gasteiger partial charge in [-0.25, -0.2) is 4.39 Å². The van der Waals surface area contributed by atoms with Gasteiger partial charge in [-0.05, 0) is 24.6 Å². The van der Waals surface area contributed by atoms with E-state index in [0.717, 1.165) is 12.8 Å². The molecular weight excluding hydrogens is 267 g/mol. The van der Waals surface area contributed by atoms with E-state index >= 15 is 0 Å². The number of benzene rings is 1. The quantitative estimate of drug-likeness (QED) is 0.500. The standard InChI is InChI=1S/C17H27FN2O/c1-2-3-4-5-6-7-8-9-12-20-17(21)14-10-11-16(19)15(18)13-14/h10-11,13H,2-9,12,19H2,1H3,(H,20,21). The number of hydrogen-bond donors (Lipinski definition) is 2. The molecule has 3 N–H and O–H groups in total. The second-order valence-corrected chi connectivity index (χ2v) is 5.47. The van der Waals surface area contributed by atoms with Gasteiger partial charge in [0.05, 0.1) is 5.69 Å². The van der Waals surface area contributed by atoms with Crippen molar-refractivity contribution in [3.05, 3.63) is 29.6 Å². The number of halogens is 1. The molecule has 0 saturated heterocycles. The highest BCUT2D eigenvalue weighted by Crippen LogP contribution is 2.12. The van der Waals surface area contributed by atoms with Gasteiger partial charge >= 0.3 is 0 Å². The highest BCUT2D eigenvalue weighted by Gasteiger charge is 2.07. The fourth-order valence-corrected chi connectivity index (χ4v) is 2.23. The van der Waals surface area contributed by atoms with Gasteiger partial charge in [0, 0.05) is 12.1 Å². The largest absolute Gasteiger partial charge is 0.396 e. The van der Waals surface area contributed by atoms with Crippen LogP contribution in [0.5, 0.6) is 0 Å². The maximum atomic E-state index is 13.3. The summed E-state index contributed by atoms with van der Waals surface area (Å²) in [5, 5.41) is 2.81. The van der Waals surface area contributed by atoms with Crippen molar-refractivity contribution in [3.63, 3.8) is 0 Å². The molecule has 1 amide bonds. The van der Waals surface area contributed by atoms with Gasteiger partial charge in [-0.15, -0.1) is 0 Å². The lowest BCUT2D eigenvalue weighted by Gasteiger charge is -2.06. The second kappa shape index (κ2) is 10.2. The van der Waals surface area contributed by atoms with Crippen molar-refractivity contribution in [3.8, 4) is 0 Å². The molecule has 0 bridgehead atoms. The van der Waals surface area contributed by atoms with E-state index in [0.29, 0.717) is 12.1 Å². The van der Waals surface area contributed by atoms with Gasteiger partial charge in [0.2, 0.25) is 0 Å². The Morgan fingerprint density at radius 2 is 1.71 bits per heavy atom. The average Bonchev–Trinajstić information content (AvgIpc) is 2.48. The van der Waals surface area contributed by atoms with Crippen LogP contribution in [0, 0.1) is 5.82 Å². The Hall–Kier alpha value is -1.58. The van der Waals surface area contributed by atoms with Gasteiger partial charge in [-0.3, -0.25) is 4.79 Å². The van der Waals surface area contributed by atoms with Gasteiger partial charge in [-0.1, -0.05) is 51.9 Å². The minimum atomic E-state index is -0.547. The molecule has 0 unspecified atom stereocenters. The topological polar surface area (TPSA) is 55.1 Å². The number of nitrogens with one attached hydrogen (secondary N) is 1. The first-order valence-electron chi connectivity index (χ1n) is 7.98. The van der Waals surface area contributed by atoms with E-state index < -0.39 is 5.82 Å². The van der Waals surface area contributed by atoms with Crippen molar-refractivity contribution in [2.24, 2.45) is 0 Å². The molecule has 0 spiro atoms. The Kier molecular flexibility index (Phi) is 8.48. The van der Waals surface area contributed by atoms with Crippen LogP contribution >= 0.6 is 0 Å². The first-order valence-corrected chi connectivity index (χ1v) is 7.98. The molecular formula is C17H27FN2O. The fourth-order valence-electron chi connectivity index (χ4n) is 2.23. The van der Waals surface area contributed by atoms with Crippen molar-refractivity contribution in [2.75, 3.05) is 12.3 Å². The Morgan fingerprint density at radius 3 is 2.33 bits per heavy atom. The Balaban J connectivity index is 2.09. The highest BCUT2D eigenvalue weighted by molar-refractivity contribution is 5.94. The van der Waals surface area contributed by atoms with E-state index in [1.807, 2.05) is 0 Å². The van der Waals surface area contributed by atoms with Crippen LogP contribution in [0.1, 0.15) is 68.6 Å². The molecule has 1 aromatic rings. The first-order chi connectivity index (χ1) is 10.1. The number of carbonyl (C=O) groups excluding carboxylic acids is 1. The van der Waals surface area contributed by atoms with Gasteiger partial charge < -0.3 is 11.1 Å². The van der Waals surface area contributed by atoms with E-state index in [-0.39, 0.29) is 11.6 Å². The van der Waals surface area contributed by atoms with Crippen molar-refractivity contribution in [2.45, 2.75) is 58.3 Å². The van der Waals surface area contributed by atoms with Crippen molar-refractivity contribution >= 4 is 11.6 Å². The summed E-state index contributed by atoms with van der Waals surface area (Å²) in [6, 6.07) is 4.14. The zero-order chi connectivity index (χ0) is 15.5. The normalized spacial score (nSPS) is 10.6. The number of unbranched alkanes of at least 4 members (excludes halogenated alkanes) is 7. The average molecular weight is 294 g/mol. The summed E-state index contributed by atoms with van der Waals surface area (Å²) in [5.74, 6) is -0.786. The lowest BCUT2D eigenvalue weighted by molar-refractivity contribution is 0.0952. The van der Waals surface area contributed by atoms with Crippen LogP contribution in [0.25, 0.3) is 0 Å². The summed E-state index contributed by atoms with van der Waals surface area (Å²) in [7, 11) is 0. The van der Waals surface area contributed by atoms with Crippen LogP contribution in [-0.2, 0) is 0 Å². The summed E-state index contributed by atoms with van der Waals surface area (Å²) in [5.41, 5.74) is 5.77. The van der Waals surface area contributed by atoms with Crippen LogP contribution < -0.4 is 11.1 Å². The molecule has 0 heterocycles. The first kappa shape index (κ1) is 17.5. The minimum absolute atomic E-state index is 0.0645. The number of nitrogens with two attached hydrogens (primary N) is 1. The predicted molar refractivity (Wildman–Crippen MR) is 85.8 cm³/mol. The zero-order valence-electron chi connectivity index (χ0n) is 13.0. The molecule has 0 saturated carbocycles. The summed E-state index contributed by atoms with van der Waals surface area (Å²) in [6.07, 6.45) is 9.83. The minimum Gasteiger partial charge on any atom is -0.396 e. The molecule has 1 rings (SSSR count). The monoisotopic (exact) mass is 294 g/mol. The van der Waals surface area contributed by atoms with Crippen molar-refractivity contribution < 1.29 is 9.18 Å². The highest BCUT2D eigenvalue weighted by atomic mass is 19.1. The predicted octanol–water partition coefficient (Wildman–Crippen LogP) is 4.28. The van der Waals surface area contributed by atoms with E-state index in [9.17, 15) is 9.18 Å². The molecule has 0 radical (unpaired) electrons. The smallest absolute Gasteiger partial charge is 0.251 e. The molecule has 118 valence electrons. The van der Waals surface area contributed by atoms with Crippen LogP contribution in [-0.4, -0.2) is 12.5 Å². The summed E-state index contributed by atoms with van der Waals surface area (Å²) in [4.78, 5) is 11.8. The van der Waals surface area contributed by atoms with Crippen LogP contribution in [0.3, 0.4) is 0 Å². The number of amides is 1. The van der Waals surface area contributed by atoms with Gasteiger partial charge in [0.15, 0.2) is 0 Å². The van der Waals surface area contributed by atoms with Crippen LogP contribution in [0.4, 0.5) is 10.1 Å². The molecule has 4 heteroatoms. The molecule has 0 aliphatic carbocycles. The number of hydrogen-bond acceptors (Lipinski definition) is 2. The third-order valence-electron chi connectivity index (χ3n) is 3.58. The fraction of sp³-hybridized carbons (Fsp3) is 0.588. The zero-order valence-corrected chi connectivity index (χ0v) is 13.0. The van der Waals surface area contributed by atoms with Crippen molar-refractivity contribution in [1.29, 1.82) is 0 Å². The molecule has 0 aliphatic rings. The number of anilines is 1. The molecule has 0 fully saturated rings. The Labute approximate surface area is 127 Å². The molecule has 3 nitrogen and oxygen atoms in total. The Bertz CT molecular complexity index is 435. The van der Waals surface area contributed by atoms with Crippen molar-refractivity contribution in [1.82, 2.24) is 5.32 Å². The summed E-state index contributed by atoms with van der Waals surface area (Å²) < 4.78 is 13.3. The third-order valence-corrected chi connectivity index (χ3v) is 3.58. The number of nitrogen functional groups attached to an aromatic ring is 1. The summed E-state index contributed by atoms with van der Waals surface area (Å²) in [6.45, 7) is 2.86. The Morgan fingerprint density at radius 1 is 1.10 bits per heavy atom. The van der Waals surface area contributed by atoms with Gasteiger partial charge in [0.25, 0.3) is 5.91 Å². The molecule has 0 aliphatic heterocycles. The van der Waals surface area contributed by atoms with E-state index in [2.05, 4.69) is 12.2 Å². The van der Waals surface area contributed by atoms with Gasteiger partial charge in [-0.2, -0.15) is 0 Å². The van der Waals surface area contributed by atoms with E-state index in [1.54, 1.807) is 6.07 Å². The maximum Gasteiger partial charge on any atom is 0.251 e. The lowest BCUT2D eigenvalue weighted by Crippen LogP contribution is -2.24. The maximum absolute atomic E-state index is 13.3. The second-order valence-electron chi connectivity index (χ2n) is 5.47. The van der Waals surface area contributed by atoms with E-state index in [1.165, 1.54) is 50.7 Å². The summed E-state index contributed by atoms with van der Waals surface area (Å²) >= 11 is 0. The molecule has 21 heavy (non-hydrogen) atoms. The molecule has 0 aromatic heterocycles. The SMILES string of the molecule is CCCCCCCCCCNC(=O)c1ccc(N)c(F)c1. The number of rotatable bonds is 10. The lowest BCUT2D eigenvalue weighted by atomic mass is 10.1. The van der Waals surface area contributed by atoms with Crippen LogP contribution in [0.2, 0.25) is 0 Å². The van der Waals surface area contributed by atoms with Gasteiger partial charge in [0.1, 0.15) is 5.82 Å². The van der Waals surface area contributed by atoms with Crippen LogP contribution in [0.15, 0.2) is 18.2 Å². The molecule has 0 atom stereocenters. The molecule has 1 aromatic carbocycles. The van der Waals surface area contributed by atoms with E-state index in [4.69, 9.17) is 5.73 Å². The number of carbonyl (C=O) groups is 1. The third kappa shape index (κ3) is 7.11.